The van der Waals surface area contributed by atoms with Crippen LogP contribution in [0.1, 0.15) is 17.0 Å². The molecule has 0 radical (unpaired) electrons. The number of furan rings is 1. The van der Waals surface area contributed by atoms with Crippen molar-refractivity contribution in [1.82, 2.24) is 9.97 Å². The number of benzene rings is 1. The second-order valence-electron chi connectivity index (χ2n) is 5.10. The highest BCUT2D eigenvalue weighted by Crippen LogP contribution is 2.13. The minimum Gasteiger partial charge on any atom is -0.467 e. The lowest BCUT2D eigenvalue weighted by atomic mass is 10.2. The summed E-state index contributed by atoms with van der Waals surface area (Å²) in [6, 6.07) is 12.2. The van der Waals surface area contributed by atoms with Crippen molar-refractivity contribution in [2.75, 3.05) is 10.6 Å². The van der Waals surface area contributed by atoms with E-state index in [0.717, 1.165) is 11.5 Å². The van der Waals surface area contributed by atoms with Crippen molar-refractivity contribution in [2.45, 2.75) is 20.0 Å². The van der Waals surface area contributed by atoms with E-state index in [-0.39, 0.29) is 5.82 Å². The number of anilines is 2. The van der Waals surface area contributed by atoms with Crippen LogP contribution in [0, 0.1) is 12.7 Å². The molecule has 6 heteroatoms. The number of halogens is 1. The Balaban J connectivity index is 1.66. The molecule has 1 aromatic carbocycles. The second kappa shape index (κ2) is 6.91. The summed E-state index contributed by atoms with van der Waals surface area (Å²) in [5.41, 5.74) is 1.39. The van der Waals surface area contributed by atoms with E-state index >= 15 is 0 Å². The van der Waals surface area contributed by atoms with Crippen LogP contribution < -0.4 is 10.6 Å². The highest BCUT2D eigenvalue weighted by atomic mass is 19.1. The number of rotatable bonds is 6. The Labute approximate surface area is 133 Å². The first-order chi connectivity index (χ1) is 11.2. The van der Waals surface area contributed by atoms with Crippen molar-refractivity contribution in [1.29, 1.82) is 0 Å². The van der Waals surface area contributed by atoms with E-state index in [1.165, 1.54) is 6.07 Å². The van der Waals surface area contributed by atoms with E-state index in [1.807, 2.05) is 25.1 Å². The molecule has 3 aromatic rings. The van der Waals surface area contributed by atoms with E-state index in [1.54, 1.807) is 24.5 Å². The Hall–Kier alpha value is -2.89. The molecule has 0 amide bonds. The van der Waals surface area contributed by atoms with Gasteiger partial charge in [-0.1, -0.05) is 18.2 Å². The lowest BCUT2D eigenvalue weighted by molar-refractivity contribution is 0.518. The van der Waals surface area contributed by atoms with Crippen molar-refractivity contribution in [2.24, 2.45) is 0 Å². The van der Waals surface area contributed by atoms with Gasteiger partial charge in [0, 0.05) is 23.9 Å². The molecule has 0 atom stereocenters. The van der Waals surface area contributed by atoms with Crippen LogP contribution >= 0.6 is 0 Å². The molecule has 0 unspecified atom stereocenters. The molecule has 2 heterocycles. The van der Waals surface area contributed by atoms with Gasteiger partial charge in [0.2, 0.25) is 5.95 Å². The van der Waals surface area contributed by atoms with Gasteiger partial charge in [-0.2, -0.15) is 4.98 Å². The minimum absolute atomic E-state index is 0.246. The number of nitrogens with one attached hydrogen (secondary N) is 2. The van der Waals surface area contributed by atoms with Crippen molar-refractivity contribution in [3.05, 3.63) is 71.6 Å². The van der Waals surface area contributed by atoms with Crippen molar-refractivity contribution in [3.63, 3.8) is 0 Å². The van der Waals surface area contributed by atoms with Crippen molar-refractivity contribution >= 4 is 11.8 Å². The zero-order chi connectivity index (χ0) is 16.1. The molecule has 0 aliphatic rings. The average Bonchev–Trinajstić information content (AvgIpc) is 3.05. The Morgan fingerprint density at radius 1 is 1.04 bits per heavy atom. The Kier molecular flexibility index (Phi) is 4.52. The molecule has 0 aliphatic heterocycles. The first-order valence-corrected chi connectivity index (χ1v) is 7.30. The summed E-state index contributed by atoms with van der Waals surface area (Å²) in [6.07, 6.45) is 1.63. The molecule has 0 fully saturated rings. The quantitative estimate of drug-likeness (QED) is 0.726. The fourth-order valence-electron chi connectivity index (χ4n) is 2.15. The van der Waals surface area contributed by atoms with E-state index in [2.05, 4.69) is 20.6 Å². The third-order valence-corrected chi connectivity index (χ3v) is 3.27. The highest BCUT2D eigenvalue weighted by Gasteiger charge is 2.05. The maximum absolute atomic E-state index is 13.6. The average molecular weight is 312 g/mol. The van der Waals surface area contributed by atoms with Crippen LogP contribution in [0.4, 0.5) is 16.2 Å². The Bertz CT molecular complexity index is 774. The standard InChI is InChI=1S/C17H17FN4O/c1-12-9-16(19-11-14-6-4-8-23-14)22-17(21-12)20-10-13-5-2-3-7-15(13)18/h2-9H,10-11H2,1H3,(H2,19,20,21,22). The fourth-order valence-corrected chi connectivity index (χ4v) is 2.15. The Morgan fingerprint density at radius 2 is 1.91 bits per heavy atom. The molecular weight excluding hydrogens is 295 g/mol. The van der Waals surface area contributed by atoms with Gasteiger partial charge in [0.1, 0.15) is 17.4 Å². The minimum atomic E-state index is -0.246. The van der Waals surface area contributed by atoms with Gasteiger partial charge in [0.15, 0.2) is 0 Å². The monoisotopic (exact) mass is 312 g/mol. The van der Waals surface area contributed by atoms with E-state index in [4.69, 9.17) is 4.42 Å². The molecular formula is C17H17FN4O. The summed E-state index contributed by atoms with van der Waals surface area (Å²) in [4.78, 5) is 8.70. The van der Waals surface area contributed by atoms with Crippen LogP contribution in [0.2, 0.25) is 0 Å². The van der Waals surface area contributed by atoms with Gasteiger partial charge >= 0.3 is 0 Å². The number of aromatic nitrogens is 2. The number of nitrogens with zero attached hydrogens (tertiary/aromatic N) is 2. The third kappa shape index (κ3) is 4.06. The van der Waals surface area contributed by atoms with E-state index in [9.17, 15) is 4.39 Å². The summed E-state index contributed by atoms with van der Waals surface area (Å²) >= 11 is 0. The van der Waals surface area contributed by atoms with Gasteiger partial charge in [-0.05, 0) is 25.1 Å². The predicted molar refractivity (Wildman–Crippen MR) is 86.5 cm³/mol. The summed E-state index contributed by atoms with van der Waals surface area (Å²) in [5, 5.41) is 6.23. The van der Waals surface area contributed by atoms with Crippen LogP contribution in [0.15, 0.2) is 53.1 Å². The fraction of sp³-hybridized carbons (Fsp3) is 0.176. The van der Waals surface area contributed by atoms with Gasteiger partial charge in [-0.15, -0.1) is 0 Å². The van der Waals surface area contributed by atoms with Crippen LogP contribution in [0.3, 0.4) is 0 Å². The van der Waals surface area contributed by atoms with Gasteiger partial charge in [0.05, 0.1) is 12.8 Å². The first-order valence-electron chi connectivity index (χ1n) is 7.30. The lowest BCUT2D eigenvalue weighted by Crippen LogP contribution is -2.08. The maximum atomic E-state index is 13.6. The molecule has 5 nitrogen and oxygen atoms in total. The molecule has 118 valence electrons. The molecule has 2 aromatic heterocycles. The first kappa shape index (κ1) is 15.0. The summed E-state index contributed by atoms with van der Waals surface area (Å²) < 4.78 is 18.9. The largest absolute Gasteiger partial charge is 0.467 e. The number of hydrogen-bond donors (Lipinski definition) is 2. The molecule has 23 heavy (non-hydrogen) atoms. The van der Waals surface area contributed by atoms with Gasteiger partial charge < -0.3 is 15.1 Å². The van der Waals surface area contributed by atoms with E-state index in [0.29, 0.717) is 30.4 Å². The van der Waals surface area contributed by atoms with E-state index < -0.39 is 0 Å². The number of aryl methyl sites for hydroxylation is 1. The van der Waals surface area contributed by atoms with Crippen LogP contribution in [-0.4, -0.2) is 9.97 Å². The summed E-state index contributed by atoms with van der Waals surface area (Å²) in [6.45, 7) is 2.75. The second-order valence-corrected chi connectivity index (χ2v) is 5.10. The van der Waals surface area contributed by atoms with Crippen LogP contribution in [0.25, 0.3) is 0 Å². The molecule has 0 bridgehead atoms. The van der Waals surface area contributed by atoms with Crippen molar-refractivity contribution in [3.8, 4) is 0 Å². The predicted octanol–water partition coefficient (Wildman–Crippen LogP) is 3.74. The molecule has 0 aliphatic carbocycles. The number of hydrogen-bond acceptors (Lipinski definition) is 5. The molecule has 0 saturated heterocycles. The summed E-state index contributed by atoms with van der Waals surface area (Å²) in [5.74, 6) is 1.71. The molecule has 0 saturated carbocycles. The van der Waals surface area contributed by atoms with Gasteiger partial charge in [0.25, 0.3) is 0 Å². The van der Waals surface area contributed by atoms with Gasteiger partial charge in [-0.3, -0.25) is 0 Å². The summed E-state index contributed by atoms with van der Waals surface area (Å²) in [7, 11) is 0. The molecule has 3 rings (SSSR count). The van der Waals surface area contributed by atoms with Crippen molar-refractivity contribution < 1.29 is 8.81 Å². The maximum Gasteiger partial charge on any atom is 0.225 e. The zero-order valence-corrected chi connectivity index (χ0v) is 12.7. The smallest absolute Gasteiger partial charge is 0.225 e. The Morgan fingerprint density at radius 3 is 2.70 bits per heavy atom. The molecule has 0 spiro atoms. The highest BCUT2D eigenvalue weighted by molar-refractivity contribution is 5.42. The van der Waals surface area contributed by atoms with Crippen LogP contribution in [0.5, 0.6) is 0 Å². The van der Waals surface area contributed by atoms with Gasteiger partial charge in [-0.25, -0.2) is 9.37 Å². The zero-order valence-electron chi connectivity index (χ0n) is 12.7. The van der Waals surface area contributed by atoms with Crippen LogP contribution in [-0.2, 0) is 13.1 Å². The molecule has 2 N–H and O–H groups in total. The topological polar surface area (TPSA) is 63.0 Å². The lowest BCUT2D eigenvalue weighted by Gasteiger charge is -2.09. The third-order valence-electron chi connectivity index (χ3n) is 3.27. The SMILES string of the molecule is Cc1cc(NCc2ccco2)nc(NCc2ccccc2F)n1. The normalized spacial score (nSPS) is 10.5.